The third-order valence-electron chi connectivity index (χ3n) is 3.87. The summed E-state index contributed by atoms with van der Waals surface area (Å²) in [4.78, 5) is 10.1. The van der Waals surface area contributed by atoms with Crippen LogP contribution in [0.2, 0.25) is 5.02 Å². The molecule has 0 saturated carbocycles. The number of ether oxygens (including phenoxy) is 2. The van der Waals surface area contributed by atoms with Gasteiger partial charge in [-0.3, -0.25) is 10.1 Å². The average molecular weight is 399 g/mol. The number of fused-ring (bicyclic) bond motifs is 1. The van der Waals surface area contributed by atoms with Gasteiger partial charge in [-0.1, -0.05) is 23.7 Å². The maximum absolute atomic E-state index is 12.5. The molecule has 1 N–H and O–H groups in total. The van der Waals surface area contributed by atoms with Gasteiger partial charge in [0.05, 0.1) is 21.4 Å². The van der Waals surface area contributed by atoms with Crippen molar-refractivity contribution >= 4 is 27.3 Å². The topological polar surface area (TPSA) is 108 Å². The van der Waals surface area contributed by atoms with E-state index in [-0.39, 0.29) is 34.3 Å². The zero-order valence-corrected chi connectivity index (χ0v) is 15.2. The first-order valence-electron chi connectivity index (χ1n) is 7.60. The Morgan fingerprint density at radius 3 is 2.69 bits per heavy atom. The molecule has 26 heavy (non-hydrogen) atoms. The molecule has 0 aromatic heterocycles. The van der Waals surface area contributed by atoms with Gasteiger partial charge in [0.15, 0.2) is 11.5 Å². The number of halogens is 1. The van der Waals surface area contributed by atoms with Crippen LogP contribution < -0.4 is 14.2 Å². The first-order valence-corrected chi connectivity index (χ1v) is 9.47. The summed E-state index contributed by atoms with van der Waals surface area (Å²) in [7, 11) is -4.01. The van der Waals surface area contributed by atoms with Gasteiger partial charge in [-0.15, -0.1) is 0 Å². The zero-order valence-electron chi connectivity index (χ0n) is 13.6. The van der Waals surface area contributed by atoms with E-state index < -0.39 is 21.1 Å². The summed E-state index contributed by atoms with van der Waals surface area (Å²) < 4.78 is 38.5. The second-order valence-corrected chi connectivity index (χ2v) is 7.83. The Balaban J connectivity index is 1.75. The van der Waals surface area contributed by atoms with E-state index in [0.29, 0.717) is 11.5 Å². The van der Waals surface area contributed by atoms with Crippen LogP contribution in [0.5, 0.6) is 11.5 Å². The molecule has 0 saturated heterocycles. The zero-order chi connectivity index (χ0) is 18.9. The number of rotatable bonds is 5. The van der Waals surface area contributed by atoms with Gasteiger partial charge in [0.1, 0.15) is 12.7 Å². The molecule has 138 valence electrons. The Bertz CT molecular complexity index is 963. The van der Waals surface area contributed by atoms with Gasteiger partial charge in [0.2, 0.25) is 10.0 Å². The molecular weight excluding hydrogens is 384 g/mol. The number of nitrogens with zero attached hydrogens (tertiary/aromatic N) is 1. The van der Waals surface area contributed by atoms with Gasteiger partial charge < -0.3 is 9.47 Å². The van der Waals surface area contributed by atoms with Crippen molar-refractivity contribution in [1.82, 2.24) is 4.72 Å². The summed E-state index contributed by atoms with van der Waals surface area (Å²) in [6.45, 7) is 1.57. The summed E-state index contributed by atoms with van der Waals surface area (Å²) >= 11 is 5.93. The highest BCUT2D eigenvalue weighted by molar-refractivity contribution is 7.89. The molecule has 0 fully saturated rings. The SMILES string of the molecule is Cc1c(Cl)cc(S(=O)(=O)NCC2COc3ccccc3O2)cc1[N+](=O)[O-]. The fourth-order valence-corrected chi connectivity index (χ4v) is 3.83. The fourth-order valence-electron chi connectivity index (χ4n) is 2.43. The highest BCUT2D eigenvalue weighted by Gasteiger charge is 2.26. The number of hydrogen-bond acceptors (Lipinski definition) is 6. The van der Waals surface area contributed by atoms with Gasteiger partial charge >= 0.3 is 0 Å². The minimum atomic E-state index is -4.01. The Morgan fingerprint density at radius 2 is 2.00 bits per heavy atom. The van der Waals surface area contributed by atoms with Crippen LogP contribution in [-0.4, -0.2) is 32.6 Å². The van der Waals surface area contributed by atoms with Crippen LogP contribution in [0.25, 0.3) is 0 Å². The third kappa shape index (κ3) is 3.74. The van der Waals surface area contributed by atoms with E-state index in [2.05, 4.69) is 4.72 Å². The van der Waals surface area contributed by atoms with Crippen LogP contribution in [0.3, 0.4) is 0 Å². The number of nitro benzene ring substituents is 1. The van der Waals surface area contributed by atoms with E-state index in [1.165, 1.54) is 13.0 Å². The van der Waals surface area contributed by atoms with Gasteiger partial charge in [-0.2, -0.15) is 0 Å². The van der Waals surface area contributed by atoms with Crippen LogP contribution in [0.4, 0.5) is 5.69 Å². The Kier molecular flexibility index (Phi) is 5.03. The molecule has 1 aliphatic heterocycles. The molecule has 0 aliphatic carbocycles. The van der Waals surface area contributed by atoms with Crippen molar-refractivity contribution in [3.8, 4) is 11.5 Å². The lowest BCUT2D eigenvalue weighted by Crippen LogP contribution is -2.40. The maximum Gasteiger partial charge on any atom is 0.275 e. The lowest BCUT2D eigenvalue weighted by atomic mass is 10.2. The van der Waals surface area contributed by atoms with E-state index in [9.17, 15) is 18.5 Å². The molecule has 0 bridgehead atoms. The van der Waals surface area contributed by atoms with Crippen molar-refractivity contribution in [1.29, 1.82) is 0 Å². The Morgan fingerprint density at radius 1 is 1.31 bits per heavy atom. The fraction of sp³-hybridized carbons (Fsp3) is 0.250. The molecule has 10 heteroatoms. The number of nitro groups is 1. The summed E-state index contributed by atoms with van der Waals surface area (Å²) in [6.07, 6.45) is -0.532. The van der Waals surface area contributed by atoms with Gasteiger partial charge in [0, 0.05) is 11.6 Å². The largest absolute Gasteiger partial charge is 0.486 e. The lowest BCUT2D eigenvalue weighted by Gasteiger charge is -2.26. The summed E-state index contributed by atoms with van der Waals surface area (Å²) in [5, 5.41) is 11.1. The maximum atomic E-state index is 12.5. The van der Waals surface area contributed by atoms with Crippen molar-refractivity contribution in [2.75, 3.05) is 13.2 Å². The number of para-hydroxylation sites is 2. The Labute approximate surface area is 154 Å². The molecule has 1 heterocycles. The first-order chi connectivity index (χ1) is 12.3. The van der Waals surface area contributed by atoms with E-state index in [1.807, 2.05) is 0 Å². The number of sulfonamides is 1. The van der Waals surface area contributed by atoms with Crippen LogP contribution in [0.15, 0.2) is 41.3 Å². The smallest absolute Gasteiger partial charge is 0.275 e. The molecule has 3 rings (SSSR count). The summed E-state index contributed by atoms with van der Waals surface area (Å²) in [6, 6.07) is 9.22. The lowest BCUT2D eigenvalue weighted by molar-refractivity contribution is -0.385. The quantitative estimate of drug-likeness (QED) is 0.612. The summed E-state index contributed by atoms with van der Waals surface area (Å²) in [5.74, 6) is 1.12. The predicted molar refractivity (Wildman–Crippen MR) is 94.4 cm³/mol. The van der Waals surface area contributed by atoms with Gasteiger partial charge in [-0.05, 0) is 25.1 Å². The van der Waals surface area contributed by atoms with Crippen LogP contribution >= 0.6 is 11.6 Å². The van der Waals surface area contributed by atoms with E-state index in [4.69, 9.17) is 21.1 Å². The average Bonchev–Trinajstić information content (AvgIpc) is 2.61. The van der Waals surface area contributed by atoms with Gasteiger partial charge in [-0.25, -0.2) is 13.1 Å². The molecule has 8 nitrogen and oxygen atoms in total. The Hall–Kier alpha value is -2.36. The van der Waals surface area contributed by atoms with Crippen molar-refractivity contribution < 1.29 is 22.8 Å². The van der Waals surface area contributed by atoms with Crippen molar-refractivity contribution in [3.05, 3.63) is 57.1 Å². The van der Waals surface area contributed by atoms with Crippen molar-refractivity contribution in [2.24, 2.45) is 0 Å². The minimum Gasteiger partial charge on any atom is -0.486 e. The van der Waals surface area contributed by atoms with Gasteiger partial charge in [0.25, 0.3) is 5.69 Å². The van der Waals surface area contributed by atoms with E-state index in [0.717, 1.165) is 6.07 Å². The highest BCUT2D eigenvalue weighted by atomic mass is 35.5. The second-order valence-electron chi connectivity index (χ2n) is 5.66. The van der Waals surface area contributed by atoms with Crippen LogP contribution in [0.1, 0.15) is 5.56 Å². The minimum absolute atomic E-state index is 0.00533. The van der Waals surface area contributed by atoms with Crippen LogP contribution in [0, 0.1) is 17.0 Å². The standard InChI is InChI=1S/C16H15ClN2O6S/c1-10-13(17)6-12(7-14(10)19(20)21)26(22,23)18-8-11-9-24-15-4-2-3-5-16(15)25-11/h2-7,11,18H,8-9H2,1H3. The molecular formula is C16H15ClN2O6S. The number of nitrogens with one attached hydrogen (secondary N) is 1. The number of hydrogen-bond donors (Lipinski definition) is 1. The van der Waals surface area contributed by atoms with E-state index in [1.54, 1.807) is 24.3 Å². The molecule has 0 radical (unpaired) electrons. The molecule has 2 aromatic rings. The second kappa shape index (κ2) is 7.10. The third-order valence-corrected chi connectivity index (χ3v) is 5.66. The van der Waals surface area contributed by atoms with Crippen LogP contribution in [-0.2, 0) is 10.0 Å². The number of benzene rings is 2. The molecule has 1 unspecified atom stereocenters. The summed E-state index contributed by atoms with van der Waals surface area (Å²) in [5.41, 5.74) is -0.153. The monoisotopic (exact) mass is 398 g/mol. The molecule has 1 atom stereocenters. The molecule has 0 amide bonds. The molecule has 0 spiro atoms. The highest BCUT2D eigenvalue weighted by Crippen LogP contribution is 2.31. The van der Waals surface area contributed by atoms with Crippen molar-refractivity contribution in [2.45, 2.75) is 17.9 Å². The first kappa shape index (κ1) is 18.4. The normalized spacial score (nSPS) is 16.3. The van der Waals surface area contributed by atoms with E-state index >= 15 is 0 Å². The van der Waals surface area contributed by atoms with Crippen molar-refractivity contribution in [3.63, 3.8) is 0 Å². The molecule has 1 aliphatic rings. The molecule has 2 aromatic carbocycles. The predicted octanol–water partition coefficient (Wildman–Crippen LogP) is 2.67.